The summed E-state index contributed by atoms with van der Waals surface area (Å²) in [6.45, 7) is 5.47. The summed E-state index contributed by atoms with van der Waals surface area (Å²) in [7, 11) is -4.65. The summed E-state index contributed by atoms with van der Waals surface area (Å²) in [5, 5.41) is 0. The molecular formula is C21H29O5P. The molecule has 0 saturated carbocycles. The van der Waals surface area contributed by atoms with Crippen LogP contribution in [0.5, 0.6) is 5.75 Å². The maximum Gasteiger partial charge on any atom is 0.524 e. The van der Waals surface area contributed by atoms with Gasteiger partial charge in [0, 0.05) is 12.2 Å². The van der Waals surface area contributed by atoms with Gasteiger partial charge in [0.25, 0.3) is 0 Å². The van der Waals surface area contributed by atoms with Gasteiger partial charge in [-0.3, -0.25) is 9.79 Å². The van der Waals surface area contributed by atoms with Crippen molar-refractivity contribution in [3.05, 3.63) is 53.6 Å². The van der Waals surface area contributed by atoms with Gasteiger partial charge in [0.1, 0.15) is 5.75 Å². The molecule has 0 saturated heterocycles. The molecule has 0 aromatic heterocycles. The number of ether oxygens (including phenoxy) is 1. The molecule has 0 fully saturated rings. The topological polar surface area (TPSA) is 76.0 Å². The van der Waals surface area contributed by atoms with E-state index >= 15 is 0 Å². The largest absolute Gasteiger partial charge is 0.524 e. The lowest BCUT2D eigenvalue weighted by Gasteiger charge is -2.18. The third-order valence-electron chi connectivity index (χ3n) is 4.43. The third-order valence-corrected chi connectivity index (χ3v) is 4.86. The maximum absolute atomic E-state index is 11.4. The first-order valence-corrected chi connectivity index (χ1v) is 11.0. The Balaban J connectivity index is 2.21. The molecule has 2 rings (SSSR count). The smallest absolute Gasteiger partial charge is 0.404 e. The number of phosphoric ester groups is 1. The van der Waals surface area contributed by atoms with Gasteiger partial charge in [0.15, 0.2) is 0 Å². The standard InChI is InChI=1S/C21H29O5P/c1-3-4-5-9-15-25-16-14-19-17(2)12-13-20(26-27(22,23)24)21(19)18-10-7-6-8-11-18/h6-8,10-13H,3-5,9,14-16H2,1-2H3,(H2,22,23,24). The van der Waals surface area contributed by atoms with Crippen molar-refractivity contribution in [2.45, 2.75) is 46.0 Å². The van der Waals surface area contributed by atoms with Gasteiger partial charge in [0.2, 0.25) is 0 Å². The minimum atomic E-state index is -4.65. The van der Waals surface area contributed by atoms with E-state index in [1.807, 2.05) is 43.3 Å². The van der Waals surface area contributed by atoms with Crippen molar-refractivity contribution in [1.29, 1.82) is 0 Å². The summed E-state index contributed by atoms with van der Waals surface area (Å²) in [5.41, 5.74) is 3.61. The van der Waals surface area contributed by atoms with E-state index in [4.69, 9.17) is 9.26 Å². The van der Waals surface area contributed by atoms with E-state index in [9.17, 15) is 14.4 Å². The van der Waals surface area contributed by atoms with Crippen LogP contribution >= 0.6 is 7.82 Å². The average molecular weight is 392 g/mol. The van der Waals surface area contributed by atoms with Crippen LogP contribution in [-0.2, 0) is 15.7 Å². The fraction of sp³-hybridized carbons (Fsp3) is 0.429. The van der Waals surface area contributed by atoms with Crippen molar-refractivity contribution in [2.75, 3.05) is 13.2 Å². The molecule has 6 heteroatoms. The summed E-state index contributed by atoms with van der Waals surface area (Å²) in [6.07, 6.45) is 5.31. The molecule has 0 radical (unpaired) electrons. The Kier molecular flexibility index (Phi) is 8.52. The quantitative estimate of drug-likeness (QED) is 0.402. The monoisotopic (exact) mass is 392 g/mol. The molecular weight excluding hydrogens is 363 g/mol. The first kappa shape index (κ1) is 21.6. The number of phosphoric acid groups is 1. The van der Waals surface area contributed by atoms with Crippen LogP contribution in [0.25, 0.3) is 11.1 Å². The van der Waals surface area contributed by atoms with Crippen molar-refractivity contribution in [3.8, 4) is 16.9 Å². The molecule has 0 aliphatic rings. The maximum atomic E-state index is 11.4. The van der Waals surface area contributed by atoms with Gasteiger partial charge < -0.3 is 9.26 Å². The normalized spacial score (nSPS) is 11.6. The van der Waals surface area contributed by atoms with E-state index in [-0.39, 0.29) is 5.75 Å². The molecule has 0 heterocycles. The molecule has 0 bridgehead atoms. The first-order valence-electron chi connectivity index (χ1n) is 9.43. The van der Waals surface area contributed by atoms with Gasteiger partial charge in [-0.05, 0) is 42.5 Å². The second-order valence-corrected chi connectivity index (χ2v) is 7.77. The predicted molar refractivity (Wildman–Crippen MR) is 108 cm³/mol. The molecule has 2 aromatic carbocycles. The Hall–Kier alpha value is -1.65. The highest BCUT2D eigenvalue weighted by molar-refractivity contribution is 7.46. The Morgan fingerprint density at radius 3 is 2.37 bits per heavy atom. The third kappa shape index (κ3) is 7.11. The summed E-state index contributed by atoms with van der Waals surface area (Å²) in [5.74, 6) is 0.193. The number of hydrogen-bond acceptors (Lipinski definition) is 3. The minimum absolute atomic E-state index is 0.193. The molecule has 27 heavy (non-hydrogen) atoms. The van der Waals surface area contributed by atoms with Crippen molar-refractivity contribution < 1.29 is 23.6 Å². The number of aryl methyl sites for hydroxylation is 1. The molecule has 0 amide bonds. The number of unbranched alkanes of at least 4 members (excludes halogenated alkanes) is 3. The minimum Gasteiger partial charge on any atom is -0.404 e. The molecule has 2 N–H and O–H groups in total. The second kappa shape index (κ2) is 10.6. The van der Waals surface area contributed by atoms with Crippen molar-refractivity contribution >= 4 is 7.82 Å². The van der Waals surface area contributed by atoms with Crippen LogP contribution in [0.3, 0.4) is 0 Å². The van der Waals surface area contributed by atoms with Crippen LogP contribution in [0.15, 0.2) is 42.5 Å². The zero-order valence-electron chi connectivity index (χ0n) is 16.1. The summed E-state index contributed by atoms with van der Waals surface area (Å²) >= 11 is 0. The highest BCUT2D eigenvalue weighted by Gasteiger charge is 2.22. The van der Waals surface area contributed by atoms with Crippen molar-refractivity contribution in [1.82, 2.24) is 0 Å². The Bertz CT molecular complexity index is 755. The van der Waals surface area contributed by atoms with E-state index in [2.05, 4.69) is 6.92 Å². The van der Waals surface area contributed by atoms with Gasteiger partial charge in [-0.1, -0.05) is 62.6 Å². The lowest BCUT2D eigenvalue weighted by Crippen LogP contribution is -2.05. The molecule has 5 nitrogen and oxygen atoms in total. The molecule has 0 aliphatic carbocycles. The number of benzene rings is 2. The zero-order chi connectivity index (χ0) is 19.7. The Labute approximate surface area is 161 Å². The van der Waals surface area contributed by atoms with Crippen LogP contribution in [0.2, 0.25) is 0 Å². The van der Waals surface area contributed by atoms with E-state index in [0.717, 1.165) is 29.7 Å². The van der Waals surface area contributed by atoms with Gasteiger partial charge >= 0.3 is 7.82 Å². The molecule has 0 unspecified atom stereocenters. The van der Waals surface area contributed by atoms with Gasteiger partial charge in [0.05, 0.1) is 6.61 Å². The summed E-state index contributed by atoms with van der Waals surface area (Å²) in [6, 6.07) is 13.0. The van der Waals surface area contributed by atoms with Crippen LogP contribution in [0.4, 0.5) is 0 Å². The fourth-order valence-corrected chi connectivity index (χ4v) is 3.49. The lowest BCUT2D eigenvalue weighted by molar-refractivity contribution is 0.133. The van der Waals surface area contributed by atoms with Crippen LogP contribution in [-0.4, -0.2) is 23.0 Å². The van der Waals surface area contributed by atoms with Crippen molar-refractivity contribution in [2.24, 2.45) is 0 Å². The Morgan fingerprint density at radius 1 is 0.963 bits per heavy atom. The molecule has 0 spiro atoms. The van der Waals surface area contributed by atoms with Crippen LogP contribution in [0.1, 0.15) is 43.7 Å². The summed E-state index contributed by atoms with van der Waals surface area (Å²) < 4.78 is 22.2. The molecule has 0 atom stereocenters. The number of rotatable bonds is 11. The fourth-order valence-electron chi connectivity index (χ4n) is 3.09. The first-order chi connectivity index (χ1) is 12.9. The highest BCUT2D eigenvalue weighted by atomic mass is 31.2. The SMILES string of the molecule is CCCCCCOCCc1c(C)ccc(OP(=O)(O)O)c1-c1ccccc1. The highest BCUT2D eigenvalue weighted by Crippen LogP contribution is 2.44. The summed E-state index contributed by atoms with van der Waals surface area (Å²) in [4.78, 5) is 18.6. The van der Waals surface area contributed by atoms with Crippen LogP contribution in [0, 0.1) is 6.92 Å². The van der Waals surface area contributed by atoms with Gasteiger partial charge in [-0.2, -0.15) is 0 Å². The van der Waals surface area contributed by atoms with Crippen molar-refractivity contribution in [3.63, 3.8) is 0 Å². The van der Waals surface area contributed by atoms with E-state index in [1.165, 1.54) is 19.3 Å². The van der Waals surface area contributed by atoms with Crippen LogP contribution < -0.4 is 4.52 Å². The van der Waals surface area contributed by atoms with E-state index in [1.54, 1.807) is 6.07 Å². The van der Waals surface area contributed by atoms with E-state index < -0.39 is 7.82 Å². The lowest BCUT2D eigenvalue weighted by atomic mass is 9.93. The van der Waals surface area contributed by atoms with E-state index in [0.29, 0.717) is 18.6 Å². The average Bonchev–Trinajstić information content (AvgIpc) is 2.63. The molecule has 2 aromatic rings. The predicted octanol–water partition coefficient (Wildman–Crippen LogP) is 5.27. The second-order valence-electron chi connectivity index (χ2n) is 6.61. The van der Waals surface area contributed by atoms with Gasteiger partial charge in [-0.25, -0.2) is 4.57 Å². The van der Waals surface area contributed by atoms with Gasteiger partial charge in [-0.15, -0.1) is 0 Å². The Morgan fingerprint density at radius 2 is 1.70 bits per heavy atom. The zero-order valence-corrected chi connectivity index (χ0v) is 17.0. The number of hydrogen-bond donors (Lipinski definition) is 2. The molecule has 148 valence electrons. The molecule has 0 aliphatic heterocycles.